The van der Waals surface area contributed by atoms with E-state index in [4.69, 9.17) is 9.26 Å². The van der Waals surface area contributed by atoms with Gasteiger partial charge in [0.25, 0.3) is 0 Å². The van der Waals surface area contributed by atoms with Crippen LogP contribution in [-0.4, -0.2) is 11.7 Å². The lowest BCUT2D eigenvalue weighted by molar-refractivity contribution is 0.295. The average molecular weight is 288 g/mol. The Labute approximate surface area is 126 Å². The first-order valence-corrected chi connectivity index (χ1v) is 7.41. The summed E-state index contributed by atoms with van der Waals surface area (Å²) in [6.07, 6.45) is 0. The van der Waals surface area contributed by atoms with Gasteiger partial charge in [-0.15, -0.1) is 0 Å². The number of nitrogens with zero attached hydrogens (tertiary/aromatic N) is 1. The van der Waals surface area contributed by atoms with E-state index in [1.165, 1.54) is 11.1 Å². The summed E-state index contributed by atoms with van der Waals surface area (Å²) in [7, 11) is 0. The van der Waals surface area contributed by atoms with Crippen molar-refractivity contribution in [2.24, 2.45) is 0 Å². The zero-order valence-corrected chi connectivity index (χ0v) is 13.5. The molecule has 2 aromatic rings. The van der Waals surface area contributed by atoms with E-state index >= 15 is 0 Å². The summed E-state index contributed by atoms with van der Waals surface area (Å²) in [6.45, 7) is 11.6. The van der Waals surface area contributed by atoms with Crippen molar-refractivity contribution < 1.29 is 9.26 Å². The molecule has 1 unspecified atom stereocenters. The highest BCUT2D eigenvalue weighted by atomic mass is 16.5. The molecule has 4 nitrogen and oxygen atoms in total. The highest BCUT2D eigenvalue weighted by Gasteiger charge is 2.14. The van der Waals surface area contributed by atoms with Gasteiger partial charge in [0.05, 0.1) is 11.3 Å². The maximum Gasteiger partial charge on any atom is 0.140 e. The van der Waals surface area contributed by atoms with Gasteiger partial charge in [0.1, 0.15) is 18.1 Å². The van der Waals surface area contributed by atoms with Crippen LogP contribution in [0.15, 0.2) is 22.7 Å². The van der Waals surface area contributed by atoms with E-state index in [0.29, 0.717) is 6.61 Å². The number of aromatic nitrogens is 1. The zero-order chi connectivity index (χ0) is 15.4. The van der Waals surface area contributed by atoms with Crippen LogP contribution in [0.1, 0.15) is 48.0 Å². The second-order valence-electron chi connectivity index (χ2n) is 5.41. The van der Waals surface area contributed by atoms with Gasteiger partial charge >= 0.3 is 0 Å². The minimum atomic E-state index is 0.260. The lowest BCUT2D eigenvalue weighted by Gasteiger charge is -2.18. The number of rotatable bonds is 6. The molecule has 0 radical (unpaired) electrons. The first-order chi connectivity index (χ1) is 10.0. The van der Waals surface area contributed by atoms with Gasteiger partial charge < -0.3 is 14.6 Å². The molecule has 0 aliphatic carbocycles. The molecule has 4 heteroatoms. The molecule has 1 N–H and O–H groups in total. The molecule has 2 rings (SSSR count). The van der Waals surface area contributed by atoms with Crippen molar-refractivity contribution >= 4 is 0 Å². The summed E-state index contributed by atoms with van der Waals surface area (Å²) in [6, 6.07) is 6.59. The van der Waals surface area contributed by atoms with Gasteiger partial charge in [-0.1, -0.05) is 24.2 Å². The van der Waals surface area contributed by atoms with Crippen molar-refractivity contribution in [3.63, 3.8) is 0 Å². The van der Waals surface area contributed by atoms with Gasteiger partial charge in [0, 0.05) is 11.6 Å². The van der Waals surface area contributed by atoms with Gasteiger partial charge in [-0.05, 0) is 45.9 Å². The number of benzene rings is 1. The largest absolute Gasteiger partial charge is 0.488 e. The van der Waals surface area contributed by atoms with Crippen molar-refractivity contribution in [2.75, 3.05) is 6.54 Å². The van der Waals surface area contributed by atoms with Crippen molar-refractivity contribution in [3.05, 3.63) is 46.3 Å². The van der Waals surface area contributed by atoms with Crippen molar-refractivity contribution in [1.29, 1.82) is 0 Å². The molecule has 1 heterocycles. The molecule has 114 valence electrons. The van der Waals surface area contributed by atoms with Crippen LogP contribution >= 0.6 is 0 Å². The molecule has 0 spiro atoms. The van der Waals surface area contributed by atoms with E-state index < -0.39 is 0 Å². The van der Waals surface area contributed by atoms with Crippen LogP contribution in [0.2, 0.25) is 0 Å². The molecule has 0 aliphatic rings. The van der Waals surface area contributed by atoms with Crippen LogP contribution in [0.25, 0.3) is 0 Å². The molecule has 0 saturated heterocycles. The van der Waals surface area contributed by atoms with Crippen molar-refractivity contribution in [2.45, 2.75) is 47.3 Å². The van der Waals surface area contributed by atoms with E-state index in [1.807, 2.05) is 13.8 Å². The molecule has 0 saturated carbocycles. The number of hydrogen-bond acceptors (Lipinski definition) is 4. The van der Waals surface area contributed by atoms with E-state index in [0.717, 1.165) is 29.3 Å². The Bertz CT molecular complexity index is 585. The van der Waals surface area contributed by atoms with E-state index in [9.17, 15) is 0 Å². The third-order valence-electron chi connectivity index (χ3n) is 3.70. The van der Waals surface area contributed by atoms with E-state index in [1.54, 1.807) is 0 Å². The van der Waals surface area contributed by atoms with E-state index in [-0.39, 0.29) is 6.04 Å². The molecular weight excluding hydrogens is 264 g/mol. The third kappa shape index (κ3) is 3.64. The predicted molar refractivity (Wildman–Crippen MR) is 83.6 cm³/mol. The molecule has 0 amide bonds. The minimum Gasteiger partial charge on any atom is -0.488 e. The second kappa shape index (κ2) is 6.76. The number of nitrogens with one attached hydrogen (secondary N) is 1. The molecule has 21 heavy (non-hydrogen) atoms. The van der Waals surface area contributed by atoms with Gasteiger partial charge in [-0.25, -0.2) is 0 Å². The fourth-order valence-corrected chi connectivity index (χ4v) is 2.40. The normalized spacial score (nSPS) is 12.4. The molecule has 1 atom stereocenters. The van der Waals surface area contributed by atoms with Crippen LogP contribution in [0.5, 0.6) is 5.75 Å². The maximum atomic E-state index is 6.05. The summed E-state index contributed by atoms with van der Waals surface area (Å²) >= 11 is 0. The summed E-state index contributed by atoms with van der Waals surface area (Å²) in [5, 5.41) is 7.39. The maximum absolute atomic E-state index is 6.05. The quantitative estimate of drug-likeness (QED) is 0.877. The number of ether oxygens (including phenoxy) is 1. The van der Waals surface area contributed by atoms with Gasteiger partial charge in [-0.3, -0.25) is 0 Å². The van der Waals surface area contributed by atoms with Crippen molar-refractivity contribution in [1.82, 2.24) is 10.5 Å². The number of aryl methyl sites for hydroxylation is 3. The van der Waals surface area contributed by atoms with Gasteiger partial charge in [0.2, 0.25) is 0 Å². The minimum absolute atomic E-state index is 0.260. The Morgan fingerprint density at radius 2 is 2.05 bits per heavy atom. The van der Waals surface area contributed by atoms with E-state index in [2.05, 4.69) is 49.4 Å². The first kappa shape index (κ1) is 15.6. The average Bonchev–Trinajstić information content (AvgIpc) is 2.76. The SMILES string of the molecule is CCNC(C)c1ccc(C)cc1OCc1c(C)noc1C. The third-order valence-corrected chi connectivity index (χ3v) is 3.70. The highest BCUT2D eigenvalue weighted by Crippen LogP contribution is 2.28. The highest BCUT2D eigenvalue weighted by molar-refractivity contribution is 5.39. The molecule has 1 aromatic heterocycles. The van der Waals surface area contributed by atoms with Crippen LogP contribution in [0, 0.1) is 20.8 Å². The Balaban J connectivity index is 2.20. The molecule has 0 fully saturated rings. The van der Waals surface area contributed by atoms with Gasteiger partial charge in [0.15, 0.2) is 0 Å². The Kier molecular flexibility index (Phi) is 5.02. The lowest BCUT2D eigenvalue weighted by atomic mass is 10.0. The zero-order valence-electron chi connectivity index (χ0n) is 13.5. The summed E-state index contributed by atoms with van der Waals surface area (Å²) in [5.41, 5.74) is 4.28. The molecular formula is C17H24N2O2. The summed E-state index contributed by atoms with van der Waals surface area (Å²) in [4.78, 5) is 0. The van der Waals surface area contributed by atoms with Crippen LogP contribution < -0.4 is 10.1 Å². The Morgan fingerprint density at radius 1 is 1.29 bits per heavy atom. The standard InChI is InChI=1S/C17H24N2O2/c1-6-18-12(3)15-8-7-11(2)9-17(15)20-10-16-13(4)19-21-14(16)5/h7-9,12,18H,6,10H2,1-5H3. The Hall–Kier alpha value is -1.81. The van der Waals surface area contributed by atoms with Crippen LogP contribution in [-0.2, 0) is 6.61 Å². The lowest BCUT2D eigenvalue weighted by Crippen LogP contribution is -2.18. The first-order valence-electron chi connectivity index (χ1n) is 7.41. The fraction of sp³-hybridized carbons (Fsp3) is 0.471. The monoisotopic (exact) mass is 288 g/mol. The second-order valence-corrected chi connectivity index (χ2v) is 5.41. The fourth-order valence-electron chi connectivity index (χ4n) is 2.40. The van der Waals surface area contributed by atoms with Crippen LogP contribution in [0.4, 0.5) is 0 Å². The van der Waals surface area contributed by atoms with Crippen molar-refractivity contribution in [3.8, 4) is 5.75 Å². The summed E-state index contributed by atoms with van der Waals surface area (Å²) < 4.78 is 11.2. The number of hydrogen-bond donors (Lipinski definition) is 1. The smallest absolute Gasteiger partial charge is 0.140 e. The molecule has 0 bridgehead atoms. The predicted octanol–water partition coefficient (Wildman–Crippen LogP) is 3.85. The Morgan fingerprint density at radius 3 is 2.67 bits per heavy atom. The summed E-state index contributed by atoms with van der Waals surface area (Å²) in [5.74, 6) is 1.74. The molecule has 1 aromatic carbocycles. The van der Waals surface area contributed by atoms with Gasteiger partial charge in [-0.2, -0.15) is 0 Å². The molecule has 0 aliphatic heterocycles. The topological polar surface area (TPSA) is 47.3 Å². The van der Waals surface area contributed by atoms with Crippen LogP contribution in [0.3, 0.4) is 0 Å².